The number of hydrogen-bond donors (Lipinski definition) is 0. The van der Waals surface area contributed by atoms with Gasteiger partial charge in [0.25, 0.3) is 0 Å². The number of aromatic nitrogens is 1. The van der Waals surface area contributed by atoms with Crippen LogP contribution in [0.25, 0.3) is 11.3 Å². The minimum Gasteiger partial charge on any atom is -0.375 e. The zero-order valence-electron chi connectivity index (χ0n) is 14.3. The predicted molar refractivity (Wildman–Crippen MR) is 110 cm³/mol. The van der Waals surface area contributed by atoms with E-state index in [0.29, 0.717) is 0 Å². The van der Waals surface area contributed by atoms with Crippen molar-refractivity contribution in [2.45, 2.75) is 0 Å². The van der Waals surface area contributed by atoms with Crippen molar-refractivity contribution in [2.24, 2.45) is 0 Å². The molecule has 3 heteroatoms. The van der Waals surface area contributed by atoms with Gasteiger partial charge >= 0.3 is 6.85 Å². The lowest BCUT2D eigenvalue weighted by Crippen LogP contribution is -2.57. The normalized spacial score (nSPS) is 12.5. The molecule has 0 N–H and O–H groups in total. The van der Waals surface area contributed by atoms with Crippen LogP contribution in [0.2, 0.25) is 0 Å². The topological polar surface area (TPSA) is 16.1 Å². The van der Waals surface area contributed by atoms with Gasteiger partial charge in [-0.25, -0.2) is 0 Å². The van der Waals surface area contributed by atoms with Crippen LogP contribution in [0.15, 0.2) is 103 Å². The van der Waals surface area contributed by atoms with Gasteiger partial charge in [0.15, 0.2) is 0 Å². The molecular weight excluding hydrogens is 315 g/mol. The van der Waals surface area contributed by atoms with Gasteiger partial charge in [0.1, 0.15) is 0 Å². The fourth-order valence-electron chi connectivity index (χ4n) is 3.87. The van der Waals surface area contributed by atoms with Crippen molar-refractivity contribution in [3.63, 3.8) is 0 Å². The van der Waals surface area contributed by atoms with Crippen molar-refractivity contribution >= 4 is 29.1 Å². The summed E-state index contributed by atoms with van der Waals surface area (Å²) in [6.45, 7) is 0.117. The number of nitrogens with zero attached hydrogens (tertiary/aromatic N) is 2. The van der Waals surface area contributed by atoms with Gasteiger partial charge < -0.3 is 4.81 Å². The Bertz CT molecular complexity index is 961. The Morgan fingerprint density at radius 2 is 1.35 bits per heavy atom. The molecule has 3 aromatic carbocycles. The summed E-state index contributed by atoms with van der Waals surface area (Å²) in [6.07, 6.45) is 1.88. The first kappa shape index (κ1) is 15.0. The summed E-state index contributed by atoms with van der Waals surface area (Å²) < 4.78 is 0. The van der Waals surface area contributed by atoms with Crippen LogP contribution < -0.4 is 15.7 Å². The van der Waals surface area contributed by atoms with E-state index in [9.17, 15) is 0 Å². The summed E-state index contributed by atoms with van der Waals surface area (Å²) in [6, 6.07) is 34.1. The fourth-order valence-corrected chi connectivity index (χ4v) is 3.87. The number of hydrogen-bond acceptors (Lipinski definition) is 2. The Morgan fingerprint density at radius 3 is 2.15 bits per heavy atom. The number of fused-ring (bicyclic) bond motifs is 3. The minimum atomic E-state index is 0.117. The lowest BCUT2D eigenvalue weighted by Gasteiger charge is -2.38. The van der Waals surface area contributed by atoms with Gasteiger partial charge in [0.2, 0.25) is 0 Å². The fraction of sp³-hybridized carbons (Fsp3) is 0. The highest BCUT2D eigenvalue weighted by Crippen LogP contribution is 2.37. The van der Waals surface area contributed by atoms with Crippen LogP contribution in [0.5, 0.6) is 0 Å². The second-order valence-electron chi connectivity index (χ2n) is 6.48. The van der Waals surface area contributed by atoms with Crippen LogP contribution >= 0.6 is 0 Å². The number of benzene rings is 3. The molecule has 4 aromatic rings. The summed E-state index contributed by atoms with van der Waals surface area (Å²) in [5, 5.41) is 0. The second kappa shape index (κ2) is 6.19. The highest BCUT2D eigenvalue weighted by atomic mass is 15.1. The quantitative estimate of drug-likeness (QED) is 0.516. The smallest absolute Gasteiger partial charge is 0.328 e. The van der Waals surface area contributed by atoms with E-state index in [0.717, 1.165) is 11.4 Å². The predicted octanol–water partition coefficient (Wildman–Crippen LogP) is 4.01. The van der Waals surface area contributed by atoms with E-state index in [1.54, 1.807) is 0 Å². The number of anilines is 2. The van der Waals surface area contributed by atoms with Gasteiger partial charge in [0, 0.05) is 11.9 Å². The van der Waals surface area contributed by atoms with Crippen molar-refractivity contribution in [1.29, 1.82) is 0 Å². The maximum atomic E-state index is 4.72. The summed E-state index contributed by atoms with van der Waals surface area (Å²) in [4.78, 5) is 7.13. The van der Waals surface area contributed by atoms with Gasteiger partial charge in [0.05, 0.1) is 11.4 Å². The molecule has 2 nitrogen and oxygen atoms in total. The van der Waals surface area contributed by atoms with E-state index >= 15 is 0 Å². The largest absolute Gasteiger partial charge is 0.375 e. The van der Waals surface area contributed by atoms with Crippen LogP contribution in [0.4, 0.5) is 11.4 Å². The van der Waals surface area contributed by atoms with Crippen LogP contribution in [0, 0.1) is 0 Å². The minimum absolute atomic E-state index is 0.117. The molecule has 1 aliphatic rings. The molecule has 0 fully saturated rings. The zero-order chi connectivity index (χ0) is 17.3. The van der Waals surface area contributed by atoms with Crippen LogP contribution in [0.3, 0.4) is 0 Å². The Morgan fingerprint density at radius 1 is 0.654 bits per heavy atom. The van der Waals surface area contributed by atoms with Gasteiger partial charge in [-0.3, -0.25) is 4.98 Å². The molecule has 26 heavy (non-hydrogen) atoms. The summed E-state index contributed by atoms with van der Waals surface area (Å²) >= 11 is 0. The molecular formula is C23H17BN2. The molecule has 0 saturated carbocycles. The first-order valence-corrected chi connectivity index (χ1v) is 8.87. The highest BCUT2D eigenvalue weighted by Gasteiger charge is 2.37. The van der Waals surface area contributed by atoms with Gasteiger partial charge in [-0.2, -0.15) is 0 Å². The molecule has 0 atom stereocenters. The van der Waals surface area contributed by atoms with Crippen molar-refractivity contribution in [2.75, 3.05) is 4.81 Å². The molecule has 0 spiro atoms. The maximum Gasteiger partial charge on any atom is 0.328 e. The first-order chi connectivity index (χ1) is 12.9. The van der Waals surface area contributed by atoms with E-state index < -0.39 is 0 Å². The number of para-hydroxylation sites is 1. The molecule has 0 unspecified atom stereocenters. The van der Waals surface area contributed by atoms with Crippen molar-refractivity contribution in [3.05, 3.63) is 103 Å². The van der Waals surface area contributed by atoms with E-state index in [1.807, 2.05) is 12.3 Å². The lowest BCUT2D eigenvalue weighted by atomic mass is 9.46. The third-order valence-corrected chi connectivity index (χ3v) is 4.96. The number of pyridine rings is 1. The third kappa shape index (κ3) is 2.32. The Hall–Kier alpha value is -3.33. The standard InChI is InChI=1S/C23H17BN2/c1-3-10-18(11-4-1)24-21-15-8-7-14-20(21)23-22(16-9-17-25-23)26(24)19-12-5-2-6-13-19/h1-17H. The van der Waals surface area contributed by atoms with E-state index in [-0.39, 0.29) is 6.85 Å². The second-order valence-corrected chi connectivity index (χ2v) is 6.48. The molecule has 5 rings (SSSR count). The number of rotatable bonds is 2. The molecule has 2 heterocycles. The molecule has 0 amide bonds. The molecule has 1 aliphatic heterocycles. The van der Waals surface area contributed by atoms with Gasteiger partial charge in [-0.05, 0) is 35.3 Å². The average molecular weight is 332 g/mol. The van der Waals surface area contributed by atoms with Gasteiger partial charge in [-0.15, -0.1) is 0 Å². The molecule has 122 valence electrons. The monoisotopic (exact) mass is 332 g/mol. The van der Waals surface area contributed by atoms with Crippen molar-refractivity contribution in [1.82, 2.24) is 4.98 Å². The van der Waals surface area contributed by atoms with E-state index in [4.69, 9.17) is 4.98 Å². The Balaban J connectivity index is 1.83. The van der Waals surface area contributed by atoms with E-state index in [2.05, 4.69) is 95.8 Å². The summed E-state index contributed by atoms with van der Waals surface area (Å²) in [5.41, 5.74) is 7.13. The SMILES string of the molecule is c1ccc(B2c3ccccc3-c3ncccc3N2c2ccccc2)cc1. The molecule has 0 radical (unpaired) electrons. The van der Waals surface area contributed by atoms with Crippen LogP contribution in [-0.2, 0) is 0 Å². The molecule has 0 aliphatic carbocycles. The zero-order valence-corrected chi connectivity index (χ0v) is 14.3. The first-order valence-electron chi connectivity index (χ1n) is 8.87. The Labute approximate surface area is 153 Å². The highest BCUT2D eigenvalue weighted by molar-refractivity contribution is 6.90. The Kier molecular flexibility index (Phi) is 3.57. The average Bonchev–Trinajstić information content (AvgIpc) is 2.74. The molecule has 1 aromatic heterocycles. The van der Waals surface area contributed by atoms with Crippen LogP contribution in [0.1, 0.15) is 0 Å². The molecule has 0 saturated heterocycles. The maximum absolute atomic E-state index is 4.72. The third-order valence-electron chi connectivity index (χ3n) is 4.96. The van der Waals surface area contributed by atoms with Crippen LogP contribution in [-0.4, -0.2) is 11.8 Å². The van der Waals surface area contributed by atoms with Crippen molar-refractivity contribution in [3.8, 4) is 11.3 Å². The summed E-state index contributed by atoms with van der Waals surface area (Å²) in [7, 11) is 0. The van der Waals surface area contributed by atoms with Gasteiger partial charge in [-0.1, -0.05) is 78.3 Å². The van der Waals surface area contributed by atoms with Crippen molar-refractivity contribution < 1.29 is 0 Å². The lowest BCUT2D eigenvalue weighted by molar-refractivity contribution is 1.27. The van der Waals surface area contributed by atoms with E-state index in [1.165, 1.54) is 22.2 Å². The molecule has 0 bridgehead atoms. The summed E-state index contributed by atoms with van der Waals surface area (Å²) in [5.74, 6) is 0.